The van der Waals surface area contributed by atoms with E-state index in [1.165, 1.54) is 23.0 Å². The number of aromatic nitrogens is 2. The van der Waals surface area contributed by atoms with E-state index < -0.39 is 0 Å². The van der Waals surface area contributed by atoms with Crippen molar-refractivity contribution in [2.24, 2.45) is 7.05 Å². The maximum atomic E-state index is 4.17. The number of rotatable bonds is 5. The summed E-state index contributed by atoms with van der Waals surface area (Å²) < 4.78 is 1.95. The number of aryl methyl sites for hydroxylation is 1. The van der Waals surface area contributed by atoms with Gasteiger partial charge in [-0.2, -0.15) is 28.6 Å². The SMILES string of the molecule is Cn1nccc1CCNCC1CSCCS1. The zero-order valence-electron chi connectivity index (χ0n) is 9.69. The van der Waals surface area contributed by atoms with E-state index in [9.17, 15) is 0 Å². The lowest BCUT2D eigenvalue weighted by atomic mass is 10.3. The van der Waals surface area contributed by atoms with Crippen molar-refractivity contribution in [3.63, 3.8) is 0 Å². The highest BCUT2D eigenvalue weighted by Crippen LogP contribution is 2.23. The topological polar surface area (TPSA) is 29.9 Å². The Labute approximate surface area is 106 Å². The van der Waals surface area contributed by atoms with E-state index in [4.69, 9.17) is 0 Å². The van der Waals surface area contributed by atoms with Crippen LogP contribution in [0.1, 0.15) is 5.69 Å². The first-order valence-corrected chi connectivity index (χ1v) is 7.93. The highest BCUT2D eigenvalue weighted by atomic mass is 32.2. The van der Waals surface area contributed by atoms with E-state index >= 15 is 0 Å². The monoisotopic (exact) mass is 257 g/mol. The smallest absolute Gasteiger partial charge is 0.0492 e. The normalized spacial score (nSPS) is 21.2. The van der Waals surface area contributed by atoms with Gasteiger partial charge in [-0.25, -0.2) is 0 Å². The van der Waals surface area contributed by atoms with Gasteiger partial charge < -0.3 is 5.32 Å². The Morgan fingerprint density at radius 1 is 1.56 bits per heavy atom. The zero-order chi connectivity index (χ0) is 11.2. The minimum absolute atomic E-state index is 0.810. The van der Waals surface area contributed by atoms with Crippen LogP contribution in [0.25, 0.3) is 0 Å². The summed E-state index contributed by atoms with van der Waals surface area (Å²) in [6.07, 6.45) is 2.93. The van der Waals surface area contributed by atoms with Gasteiger partial charge in [0, 0.05) is 61.0 Å². The van der Waals surface area contributed by atoms with Crippen LogP contribution < -0.4 is 5.32 Å². The number of thioether (sulfide) groups is 2. The average Bonchev–Trinajstić information content (AvgIpc) is 2.72. The lowest BCUT2D eigenvalue weighted by Gasteiger charge is -2.21. The molecule has 16 heavy (non-hydrogen) atoms. The van der Waals surface area contributed by atoms with Gasteiger partial charge in [-0.15, -0.1) is 0 Å². The Bertz CT molecular complexity index is 308. The maximum absolute atomic E-state index is 4.17. The first-order valence-electron chi connectivity index (χ1n) is 5.73. The van der Waals surface area contributed by atoms with Crippen molar-refractivity contribution >= 4 is 23.5 Å². The van der Waals surface area contributed by atoms with Crippen LogP contribution >= 0.6 is 23.5 Å². The van der Waals surface area contributed by atoms with Gasteiger partial charge >= 0.3 is 0 Å². The summed E-state index contributed by atoms with van der Waals surface area (Å²) in [6.45, 7) is 2.21. The Hall–Kier alpha value is -0.130. The van der Waals surface area contributed by atoms with Crippen LogP contribution in [0.5, 0.6) is 0 Å². The molecule has 1 aromatic rings. The van der Waals surface area contributed by atoms with Crippen molar-refractivity contribution in [3.05, 3.63) is 18.0 Å². The molecule has 90 valence electrons. The summed E-state index contributed by atoms with van der Waals surface area (Å²) in [7, 11) is 2.00. The van der Waals surface area contributed by atoms with Crippen LogP contribution in [0.3, 0.4) is 0 Å². The molecular formula is C11H19N3S2. The van der Waals surface area contributed by atoms with Gasteiger partial charge in [0.1, 0.15) is 0 Å². The van der Waals surface area contributed by atoms with Crippen LogP contribution in [0, 0.1) is 0 Å². The summed E-state index contributed by atoms with van der Waals surface area (Å²) in [5.74, 6) is 3.96. The second kappa shape index (κ2) is 6.57. The molecule has 0 radical (unpaired) electrons. The molecule has 1 aliphatic rings. The fraction of sp³-hybridized carbons (Fsp3) is 0.727. The van der Waals surface area contributed by atoms with Gasteiger partial charge in [0.05, 0.1) is 0 Å². The van der Waals surface area contributed by atoms with Crippen LogP contribution in [0.2, 0.25) is 0 Å². The molecule has 5 heteroatoms. The fourth-order valence-electron chi connectivity index (χ4n) is 1.78. The van der Waals surface area contributed by atoms with Crippen molar-refractivity contribution in [1.29, 1.82) is 0 Å². The third-order valence-electron chi connectivity index (χ3n) is 2.74. The molecule has 2 rings (SSSR count). The summed E-state index contributed by atoms with van der Waals surface area (Å²) in [6, 6.07) is 2.09. The van der Waals surface area contributed by atoms with Gasteiger partial charge in [-0.1, -0.05) is 0 Å². The molecule has 1 fully saturated rings. The minimum atomic E-state index is 0.810. The van der Waals surface area contributed by atoms with E-state index in [-0.39, 0.29) is 0 Å². The summed E-state index contributed by atoms with van der Waals surface area (Å²) in [4.78, 5) is 0. The lowest BCUT2D eigenvalue weighted by molar-refractivity contribution is 0.642. The Morgan fingerprint density at radius 3 is 3.19 bits per heavy atom. The Balaban J connectivity index is 1.59. The second-order valence-corrected chi connectivity index (χ2v) is 6.53. The van der Waals surface area contributed by atoms with Gasteiger partial charge in [0.2, 0.25) is 0 Å². The molecule has 1 saturated heterocycles. The van der Waals surface area contributed by atoms with Crippen LogP contribution in [0.4, 0.5) is 0 Å². The van der Waals surface area contributed by atoms with E-state index in [1.807, 2.05) is 17.9 Å². The van der Waals surface area contributed by atoms with Crippen LogP contribution in [-0.2, 0) is 13.5 Å². The van der Waals surface area contributed by atoms with E-state index in [1.54, 1.807) is 0 Å². The molecule has 1 unspecified atom stereocenters. The summed E-state index contributed by atoms with van der Waals surface area (Å²) >= 11 is 4.20. The molecule has 0 amide bonds. The van der Waals surface area contributed by atoms with E-state index in [0.717, 1.165) is 24.8 Å². The largest absolute Gasteiger partial charge is 0.315 e. The predicted molar refractivity (Wildman–Crippen MR) is 73.4 cm³/mol. The van der Waals surface area contributed by atoms with Crippen molar-refractivity contribution in [3.8, 4) is 0 Å². The third kappa shape index (κ3) is 3.71. The van der Waals surface area contributed by atoms with Crippen molar-refractivity contribution in [1.82, 2.24) is 15.1 Å². The predicted octanol–water partition coefficient (Wildman–Crippen LogP) is 1.40. The number of nitrogens with zero attached hydrogens (tertiary/aromatic N) is 2. The molecule has 0 bridgehead atoms. The number of hydrogen-bond acceptors (Lipinski definition) is 4. The molecule has 0 saturated carbocycles. The average molecular weight is 257 g/mol. The highest BCUT2D eigenvalue weighted by molar-refractivity contribution is 8.06. The summed E-state index contributed by atoms with van der Waals surface area (Å²) in [5, 5.41) is 8.52. The molecule has 1 aliphatic heterocycles. The quantitative estimate of drug-likeness (QED) is 0.808. The molecule has 3 nitrogen and oxygen atoms in total. The molecule has 1 aromatic heterocycles. The van der Waals surface area contributed by atoms with Crippen LogP contribution in [-0.4, -0.2) is 45.4 Å². The number of hydrogen-bond donors (Lipinski definition) is 1. The van der Waals surface area contributed by atoms with Crippen molar-refractivity contribution < 1.29 is 0 Å². The molecule has 0 aromatic carbocycles. The minimum Gasteiger partial charge on any atom is -0.315 e. The van der Waals surface area contributed by atoms with Crippen molar-refractivity contribution in [2.75, 3.05) is 30.3 Å². The van der Waals surface area contributed by atoms with Gasteiger partial charge in [0.15, 0.2) is 0 Å². The van der Waals surface area contributed by atoms with Gasteiger partial charge in [-0.3, -0.25) is 4.68 Å². The molecule has 1 N–H and O–H groups in total. The molecular weight excluding hydrogens is 238 g/mol. The lowest BCUT2D eigenvalue weighted by Crippen LogP contribution is -2.30. The molecule has 0 aliphatic carbocycles. The number of nitrogens with one attached hydrogen (secondary N) is 1. The second-order valence-electron chi connectivity index (χ2n) is 3.97. The Morgan fingerprint density at radius 2 is 2.50 bits per heavy atom. The first-order chi connectivity index (χ1) is 7.86. The van der Waals surface area contributed by atoms with Crippen molar-refractivity contribution in [2.45, 2.75) is 11.7 Å². The van der Waals surface area contributed by atoms with E-state index in [2.05, 4.69) is 40.0 Å². The van der Waals surface area contributed by atoms with Gasteiger partial charge in [0.25, 0.3) is 0 Å². The fourth-order valence-corrected chi connectivity index (χ4v) is 4.43. The third-order valence-corrected chi connectivity index (χ3v) is 5.58. The molecule has 1 atom stereocenters. The zero-order valence-corrected chi connectivity index (χ0v) is 11.3. The maximum Gasteiger partial charge on any atom is 0.0492 e. The standard InChI is InChI=1S/C11H19N3S2/c1-14-10(3-5-13-14)2-4-12-8-11-9-15-6-7-16-11/h3,5,11-12H,2,4,6-9H2,1H3. The molecule has 0 spiro atoms. The van der Waals surface area contributed by atoms with E-state index in [0.29, 0.717) is 0 Å². The highest BCUT2D eigenvalue weighted by Gasteiger charge is 2.13. The van der Waals surface area contributed by atoms with Crippen LogP contribution in [0.15, 0.2) is 12.3 Å². The first kappa shape index (κ1) is 12.3. The summed E-state index contributed by atoms with van der Waals surface area (Å²) in [5.41, 5.74) is 1.30. The Kier molecular flexibility index (Phi) is 5.06. The molecule has 2 heterocycles. The van der Waals surface area contributed by atoms with Gasteiger partial charge in [-0.05, 0) is 6.07 Å².